The Balaban J connectivity index is 3.88. The van der Waals surface area contributed by atoms with Crippen LogP contribution in [0.1, 0.15) is 264 Å². The number of allylic oxidation sites excluding steroid dienone is 4. The highest BCUT2D eigenvalue weighted by Gasteiger charge is 2.25. The van der Waals surface area contributed by atoms with E-state index in [9.17, 15) is 14.3 Å². The molecule has 2 unspecified atom stereocenters. The van der Waals surface area contributed by atoms with Crippen LogP contribution in [0.2, 0.25) is 0 Å². The first-order valence-corrected chi connectivity index (χ1v) is 27.8. The van der Waals surface area contributed by atoms with Crippen molar-refractivity contribution >= 4 is 13.8 Å². The van der Waals surface area contributed by atoms with Crippen molar-refractivity contribution in [2.45, 2.75) is 270 Å². The smallest absolute Gasteiger partial charge is 0.457 e. The number of nitrogens with two attached hydrogens (primary N) is 1. The summed E-state index contributed by atoms with van der Waals surface area (Å²) in [4.78, 5) is 22.6. The van der Waals surface area contributed by atoms with Crippen molar-refractivity contribution in [2.24, 2.45) is 5.73 Å². The molecule has 9 heteroatoms. The molecule has 8 nitrogen and oxygen atoms in total. The van der Waals surface area contributed by atoms with E-state index in [2.05, 4.69) is 38.2 Å². The zero-order valence-electron chi connectivity index (χ0n) is 40.4. The maximum Gasteiger partial charge on any atom is 0.472 e. The molecule has 0 aromatic carbocycles. The number of rotatable bonds is 51. The Bertz CT molecular complexity index is 993. The van der Waals surface area contributed by atoms with E-state index >= 15 is 0 Å². The first-order valence-electron chi connectivity index (χ1n) is 26.3. The summed E-state index contributed by atoms with van der Waals surface area (Å²) >= 11 is 0. The van der Waals surface area contributed by atoms with E-state index in [1.807, 2.05) is 0 Å². The van der Waals surface area contributed by atoms with Crippen LogP contribution >= 0.6 is 7.82 Å². The van der Waals surface area contributed by atoms with Gasteiger partial charge in [0.15, 0.2) is 0 Å². The summed E-state index contributed by atoms with van der Waals surface area (Å²) in [5.41, 5.74) is 5.39. The van der Waals surface area contributed by atoms with Gasteiger partial charge in [-0.25, -0.2) is 4.57 Å². The van der Waals surface area contributed by atoms with Crippen LogP contribution < -0.4 is 5.73 Å². The van der Waals surface area contributed by atoms with Gasteiger partial charge in [-0.1, -0.05) is 237 Å². The number of unbranched alkanes of at least 4 members (excludes halogenated alkanes) is 34. The van der Waals surface area contributed by atoms with Crippen molar-refractivity contribution in [1.29, 1.82) is 0 Å². The molecule has 0 radical (unpaired) electrons. The second kappa shape index (κ2) is 50.0. The molecule has 0 bridgehead atoms. The Labute approximate surface area is 378 Å². The molecule has 2 atom stereocenters. The highest BCUT2D eigenvalue weighted by molar-refractivity contribution is 7.47. The quantitative estimate of drug-likeness (QED) is 0.0268. The summed E-state index contributed by atoms with van der Waals surface area (Å²) in [6, 6.07) is 0. The number of carbonyl (C=O) groups is 1. The average Bonchev–Trinajstić information content (AvgIpc) is 3.25. The summed E-state index contributed by atoms with van der Waals surface area (Å²) in [6.45, 7) is 4.94. The Morgan fingerprint density at radius 2 is 0.869 bits per heavy atom. The largest absolute Gasteiger partial charge is 0.472 e. The number of hydrogen-bond donors (Lipinski definition) is 2. The molecule has 0 aliphatic rings. The molecule has 0 aliphatic heterocycles. The van der Waals surface area contributed by atoms with Gasteiger partial charge < -0.3 is 20.1 Å². The van der Waals surface area contributed by atoms with Gasteiger partial charge in [-0.05, 0) is 44.9 Å². The number of ether oxygens (including phenoxy) is 2. The van der Waals surface area contributed by atoms with E-state index in [-0.39, 0.29) is 32.3 Å². The Morgan fingerprint density at radius 3 is 1.30 bits per heavy atom. The molecular formula is C52H102NO7P. The first kappa shape index (κ1) is 60.0. The van der Waals surface area contributed by atoms with E-state index in [0.29, 0.717) is 13.0 Å². The summed E-state index contributed by atoms with van der Waals surface area (Å²) < 4.78 is 33.6. The normalized spacial score (nSPS) is 13.4. The van der Waals surface area contributed by atoms with Gasteiger partial charge in [-0.3, -0.25) is 13.8 Å². The van der Waals surface area contributed by atoms with Crippen molar-refractivity contribution in [3.8, 4) is 0 Å². The average molecular weight is 884 g/mol. The second-order valence-electron chi connectivity index (χ2n) is 17.7. The van der Waals surface area contributed by atoms with E-state index in [1.165, 1.54) is 199 Å². The molecule has 0 aromatic rings. The Morgan fingerprint density at radius 1 is 0.492 bits per heavy atom. The fourth-order valence-corrected chi connectivity index (χ4v) is 8.50. The van der Waals surface area contributed by atoms with Crippen LogP contribution in [-0.4, -0.2) is 49.9 Å². The van der Waals surface area contributed by atoms with Gasteiger partial charge in [0.1, 0.15) is 6.10 Å². The summed E-state index contributed by atoms with van der Waals surface area (Å²) in [6.07, 6.45) is 57.9. The first-order chi connectivity index (χ1) is 29.9. The van der Waals surface area contributed by atoms with Crippen LogP contribution in [0.4, 0.5) is 0 Å². The second-order valence-corrected chi connectivity index (χ2v) is 19.2. The van der Waals surface area contributed by atoms with E-state index in [1.54, 1.807) is 0 Å². The van der Waals surface area contributed by atoms with Crippen molar-refractivity contribution in [1.82, 2.24) is 0 Å². The Kier molecular flexibility index (Phi) is 49.2. The van der Waals surface area contributed by atoms with Crippen LogP contribution in [0, 0.1) is 0 Å². The fourth-order valence-electron chi connectivity index (χ4n) is 7.74. The van der Waals surface area contributed by atoms with E-state index in [4.69, 9.17) is 24.3 Å². The molecule has 0 aromatic heterocycles. The maximum absolute atomic E-state index is 12.7. The third-order valence-corrected chi connectivity index (χ3v) is 12.6. The molecule has 0 saturated heterocycles. The third kappa shape index (κ3) is 49.8. The zero-order chi connectivity index (χ0) is 44.4. The molecule has 362 valence electrons. The van der Waals surface area contributed by atoms with Crippen molar-refractivity contribution in [3.63, 3.8) is 0 Å². The summed E-state index contributed by atoms with van der Waals surface area (Å²) in [5, 5.41) is 0. The molecule has 0 aliphatic carbocycles. The predicted molar refractivity (Wildman–Crippen MR) is 261 cm³/mol. The molecule has 0 spiro atoms. The lowest BCUT2D eigenvalue weighted by molar-refractivity contribution is -0.154. The highest BCUT2D eigenvalue weighted by Crippen LogP contribution is 2.43. The highest BCUT2D eigenvalue weighted by atomic mass is 31.2. The lowest BCUT2D eigenvalue weighted by Crippen LogP contribution is -2.28. The molecule has 3 N–H and O–H groups in total. The van der Waals surface area contributed by atoms with E-state index in [0.717, 1.165) is 44.9 Å². The zero-order valence-corrected chi connectivity index (χ0v) is 41.3. The topological polar surface area (TPSA) is 117 Å². The van der Waals surface area contributed by atoms with Gasteiger partial charge in [-0.15, -0.1) is 0 Å². The van der Waals surface area contributed by atoms with Crippen molar-refractivity contribution in [3.05, 3.63) is 24.3 Å². The van der Waals surface area contributed by atoms with Gasteiger partial charge in [0, 0.05) is 19.6 Å². The molecular weight excluding hydrogens is 782 g/mol. The molecule has 0 saturated carbocycles. The van der Waals surface area contributed by atoms with Crippen LogP contribution in [0.25, 0.3) is 0 Å². The van der Waals surface area contributed by atoms with Crippen LogP contribution in [0.5, 0.6) is 0 Å². The molecule has 0 heterocycles. The van der Waals surface area contributed by atoms with E-state index < -0.39 is 13.9 Å². The van der Waals surface area contributed by atoms with Gasteiger partial charge in [0.05, 0.1) is 19.8 Å². The number of esters is 1. The molecule has 0 fully saturated rings. The third-order valence-electron chi connectivity index (χ3n) is 11.6. The van der Waals surface area contributed by atoms with Gasteiger partial charge in [-0.2, -0.15) is 0 Å². The fraction of sp³-hybridized carbons (Fsp3) is 0.904. The molecule has 0 amide bonds. The Hall–Kier alpha value is -1.02. The number of hydrogen-bond acceptors (Lipinski definition) is 7. The van der Waals surface area contributed by atoms with Crippen LogP contribution in [-0.2, 0) is 27.9 Å². The van der Waals surface area contributed by atoms with Crippen molar-refractivity contribution in [2.75, 3.05) is 33.0 Å². The van der Waals surface area contributed by atoms with Gasteiger partial charge >= 0.3 is 13.8 Å². The minimum absolute atomic E-state index is 0.0953. The maximum atomic E-state index is 12.7. The van der Waals surface area contributed by atoms with Gasteiger partial charge in [0.25, 0.3) is 0 Å². The standard InChI is InChI=1S/C52H102NO7P/c1-3-5-7-9-11-13-15-17-19-21-22-23-24-25-26-27-28-29-31-33-35-37-39-41-43-45-52(54)60-51(50-59-61(55,56)58-48-46-53)49-57-47-44-42-40-38-36-34-32-30-20-18-16-14-12-10-8-6-4-2/h14,16,20,30,51H,3-13,15,17-19,21-29,31-50,53H2,1-2H3,(H,55,56)/b16-14-,30-20-. The van der Waals surface area contributed by atoms with Crippen LogP contribution in [0.3, 0.4) is 0 Å². The minimum atomic E-state index is -4.28. The lowest BCUT2D eigenvalue weighted by Gasteiger charge is -2.20. The minimum Gasteiger partial charge on any atom is -0.457 e. The molecule has 61 heavy (non-hydrogen) atoms. The number of carbonyl (C=O) groups excluding carboxylic acids is 1. The monoisotopic (exact) mass is 884 g/mol. The summed E-state index contributed by atoms with van der Waals surface area (Å²) in [5.74, 6) is -0.328. The number of phosphoric acid groups is 1. The van der Waals surface area contributed by atoms with Crippen LogP contribution in [0.15, 0.2) is 24.3 Å². The lowest BCUT2D eigenvalue weighted by atomic mass is 10.0. The van der Waals surface area contributed by atoms with Gasteiger partial charge in [0.2, 0.25) is 0 Å². The SMILES string of the molecule is CCCCCC/C=C\C/C=C\CCCCCCCCOCC(COP(=O)(O)OCCN)OC(=O)CCCCCCCCCCCCCCCCCCCCCCCCCCC. The number of phosphoric ester groups is 1. The summed E-state index contributed by atoms with van der Waals surface area (Å²) in [7, 11) is -4.28. The predicted octanol–water partition coefficient (Wildman–Crippen LogP) is 16.4. The molecule has 0 rings (SSSR count). The van der Waals surface area contributed by atoms with Crippen molar-refractivity contribution < 1.29 is 32.8 Å².